The fraction of sp³-hybridized carbons (Fsp3) is 0.769. The van der Waals surface area contributed by atoms with Crippen LogP contribution in [0.25, 0.3) is 0 Å². The van der Waals surface area contributed by atoms with Crippen molar-refractivity contribution < 1.29 is 27.1 Å². The lowest BCUT2D eigenvalue weighted by Crippen LogP contribution is -2.49. The molecule has 0 spiro atoms. The zero-order valence-electron chi connectivity index (χ0n) is 12.8. The number of carbonyl (C=O) groups is 1. The predicted octanol–water partition coefficient (Wildman–Crippen LogP) is 2.91. The molecule has 124 valence electrons. The van der Waals surface area contributed by atoms with Crippen molar-refractivity contribution in [2.45, 2.75) is 39.9 Å². The molecule has 0 aromatic rings. The lowest BCUT2D eigenvalue weighted by atomic mass is 10.3. The highest BCUT2D eigenvalue weighted by atomic mass is 19.3. The minimum Gasteiger partial charge on any atom is -0.369 e. The van der Waals surface area contributed by atoms with Crippen LogP contribution in [-0.2, 0) is 9.53 Å². The van der Waals surface area contributed by atoms with Crippen molar-refractivity contribution >= 4 is 5.91 Å². The van der Waals surface area contributed by atoms with Gasteiger partial charge in [0.25, 0.3) is 0 Å². The number of halogens is 4. The normalized spacial score (nSPS) is 12.2. The summed E-state index contributed by atoms with van der Waals surface area (Å²) in [7, 11) is 0. The summed E-state index contributed by atoms with van der Waals surface area (Å²) in [5.74, 6) is -1.79. The summed E-state index contributed by atoms with van der Waals surface area (Å²) in [6.07, 6.45) is -8.95. The van der Waals surface area contributed by atoms with E-state index >= 15 is 0 Å². The Hall–Kier alpha value is -1.31. The van der Waals surface area contributed by atoms with E-state index in [-0.39, 0.29) is 26.2 Å². The average molecular weight is 314 g/mol. The number of hydrogen-bond donors (Lipinski definition) is 0. The third-order valence-corrected chi connectivity index (χ3v) is 3.04. The fourth-order valence-corrected chi connectivity index (χ4v) is 1.75. The number of nitrogens with zero attached hydrogens (tertiary/aromatic N) is 2. The largest absolute Gasteiger partial charge is 0.441 e. The van der Waals surface area contributed by atoms with Crippen LogP contribution in [-0.4, -0.2) is 54.1 Å². The highest BCUT2D eigenvalue weighted by molar-refractivity contribution is 5.82. The van der Waals surface area contributed by atoms with Crippen molar-refractivity contribution in [2.75, 3.05) is 26.2 Å². The summed E-state index contributed by atoms with van der Waals surface area (Å²) < 4.78 is 58.3. The van der Waals surface area contributed by atoms with Crippen molar-refractivity contribution in [3.63, 3.8) is 0 Å². The minimum atomic E-state index is -4.62. The van der Waals surface area contributed by atoms with E-state index in [4.69, 9.17) is 0 Å². The molecule has 0 bridgehead atoms. The first-order valence-corrected chi connectivity index (χ1v) is 6.76. The van der Waals surface area contributed by atoms with Crippen molar-refractivity contribution in [2.24, 2.45) is 0 Å². The van der Waals surface area contributed by atoms with Crippen molar-refractivity contribution in [3.05, 3.63) is 12.3 Å². The van der Waals surface area contributed by atoms with Crippen LogP contribution in [0, 0.1) is 0 Å². The maximum absolute atomic E-state index is 13.8. The molecular weight excluding hydrogens is 292 g/mol. The molecule has 0 heterocycles. The SMILES string of the molecule is C=C(N(CC)CC)C(F)(F)OC(F)(F)C(=O)N(CC)CC. The Bertz CT molecular complexity index is 333. The summed E-state index contributed by atoms with van der Waals surface area (Å²) in [5.41, 5.74) is -0.903. The summed E-state index contributed by atoms with van der Waals surface area (Å²) in [5, 5.41) is 0. The molecule has 0 aliphatic heterocycles. The standard InChI is InChI=1S/C13H22F4N2O2/c1-6-18(7-2)10(5)12(14,15)21-13(16,17)11(20)19(8-3)9-4/h5-9H2,1-4H3. The molecule has 0 aromatic carbocycles. The highest BCUT2D eigenvalue weighted by Gasteiger charge is 2.53. The van der Waals surface area contributed by atoms with E-state index in [0.717, 1.165) is 9.80 Å². The zero-order valence-corrected chi connectivity index (χ0v) is 12.8. The van der Waals surface area contributed by atoms with E-state index in [9.17, 15) is 22.4 Å². The van der Waals surface area contributed by atoms with E-state index in [0.29, 0.717) is 0 Å². The Morgan fingerprint density at radius 1 is 0.905 bits per heavy atom. The molecule has 0 unspecified atom stereocenters. The van der Waals surface area contributed by atoms with E-state index in [1.807, 2.05) is 0 Å². The summed E-state index contributed by atoms with van der Waals surface area (Å²) in [4.78, 5) is 13.3. The second kappa shape index (κ2) is 7.63. The van der Waals surface area contributed by atoms with Gasteiger partial charge >= 0.3 is 18.1 Å². The molecule has 0 N–H and O–H groups in total. The Kier molecular flexibility index (Phi) is 7.15. The lowest BCUT2D eigenvalue weighted by molar-refractivity contribution is -0.349. The van der Waals surface area contributed by atoms with Gasteiger partial charge in [-0.2, -0.15) is 17.6 Å². The maximum atomic E-state index is 13.8. The van der Waals surface area contributed by atoms with Gasteiger partial charge in [0.2, 0.25) is 0 Å². The first-order valence-electron chi connectivity index (χ1n) is 6.76. The maximum Gasteiger partial charge on any atom is 0.441 e. The van der Waals surface area contributed by atoms with Gasteiger partial charge in [-0.15, -0.1) is 0 Å². The summed E-state index contributed by atoms with van der Waals surface area (Å²) in [6.45, 7) is 9.41. The molecule has 0 aromatic heterocycles. The van der Waals surface area contributed by atoms with E-state index in [1.165, 1.54) is 13.8 Å². The average Bonchev–Trinajstić information content (AvgIpc) is 2.40. The number of carbonyl (C=O) groups excluding carboxylic acids is 1. The van der Waals surface area contributed by atoms with Crippen LogP contribution in [0.15, 0.2) is 12.3 Å². The van der Waals surface area contributed by atoms with Gasteiger partial charge in [-0.25, -0.2) is 4.74 Å². The van der Waals surface area contributed by atoms with Gasteiger partial charge in [0.15, 0.2) is 0 Å². The minimum absolute atomic E-state index is 0.0309. The van der Waals surface area contributed by atoms with Gasteiger partial charge in [0.1, 0.15) is 5.70 Å². The number of likely N-dealkylation sites (N-methyl/N-ethyl adjacent to an activating group) is 2. The van der Waals surface area contributed by atoms with Crippen LogP contribution >= 0.6 is 0 Å². The summed E-state index contributed by atoms with van der Waals surface area (Å²) >= 11 is 0. The van der Waals surface area contributed by atoms with E-state index in [1.54, 1.807) is 13.8 Å². The monoisotopic (exact) mass is 314 g/mol. The lowest BCUT2D eigenvalue weighted by Gasteiger charge is -2.32. The van der Waals surface area contributed by atoms with Crippen molar-refractivity contribution in [3.8, 4) is 0 Å². The molecule has 0 atom stereocenters. The van der Waals surface area contributed by atoms with Gasteiger partial charge in [-0.1, -0.05) is 6.58 Å². The molecule has 1 amide bonds. The molecule has 0 radical (unpaired) electrons. The van der Waals surface area contributed by atoms with Gasteiger partial charge < -0.3 is 9.80 Å². The molecule has 0 aliphatic carbocycles. The molecule has 0 aliphatic rings. The second-order valence-corrected chi connectivity index (χ2v) is 4.23. The predicted molar refractivity (Wildman–Crippen MR) is 71.0 cm³/mol. The molecule has 8 heteroatoms. The smallest absolute Gasteiger partial charge is 0.369 e. The number of amides is 1. The van der Waals surface area contributed by atoms with Crippen LogP contribution < -0.4 is 0 Å². The van der Waals surface area contributed by atoms with Gasteiger partial charge in [0.05, 0.1) is 0 Å². The Balaban J connectivity index is 5.14. The first kappa shape index (κ1) is 19.7. The molecule has 0 fully saturated rings. The van der Waals surface area contributed by atoms with Crippen LogP contribution in [0.3, 0.4) is 0 Å². The van der Waals surface area contributed by atoms with Crippen LogP contribution in [0.4, 0.5) is 17.6 Å². The van der Waals surface area contributed by atoms with Crippen molar-refractivity contribution in [1.82, 2.24) is 9.80 Å². The van der Waals surface area contributed by atoms with Gasteiger partial charge in [-0.05, 0) is 27.7 Å². The van der Waals surface area contributed by atoms with Crippen LogP contribution in [0.5, 0.6) is 0 Å². The number of ether oxygens (including phenoxy) is 1. The van der Waals surface area contributed by atoms with Crippen molar-refractivity contribution in [1.29, 1.82) is 0 Å². The van der Waals surface area contributed by atoms with Gasteiger partial charge in [-0.3, -0.25) is 4.79 Å². The van der Waals surface area contributed by atoms with E-state index < -0.39 is 23.8 Å². The zero-order chi connectivity index (χ0) is 16.8. The molecule has 0 saturated heterocycles. The second-order valence-electron chi connectivity index (χ2n) is 4.23. The first-order chi connectivity index (χ1) is 9.57. The van der Waals surface area contributed by atoms with Crippen LogP contribution in [0.1, 0.15) is 27.7 Å². The molecule has 4 nitrogen and oxygen atoms in total. The Labute approximate surface area is 122 Å². The third-order valence-electron chi connectivity index (χ3n) is 3.04. The number of rotatable bonds is 9. The quantitative estimate of drug-likeness (QED) is 0.614. The Morgan fingerprint density at radius 2 is 1.29 bits per heavy atom. The highest BCUT2D eigenvalue weighted by Crippen LogP contribution is 2.34. The third kappa shape index (κ3) is 4.87. The molecule has 0 rings (SSSR count). The topological polar surface area (TPSA) is 32.8 Å². The summed E-state index contributed by atoms with van der Waals surface area (Å²) in [6, 6.07) is 0. The van der Waals surface area contributed by atoms with E-state index in [2.05, 4.69) is 11.3 Å². The van der Waals surface area contributed by atoms with Gasteiger partial charge in [0, 0.05) is 26.2 Å². The number of hydrogen-bond acceptors (Lipinski definition) is 3. The molecule has 0 saturated carbocycles. The van der Waals surface area contributed by atoms with Crippen LogP contribution in [0.2, 0.25) is 0 Å². The molecule has 21 heavy (non-hydrogen) atoms. The number of alkyl halides is 4. The fourth-order valence-electron chi connectivity index (χ4n) is 1.75. The Morgan fingerprint density at radius 3 is 1.62 bits per heavy atom. The molecular formula is C13H22F4N2O2.